The summed E-state index contributed by atoms with van der Waals surface area (Å²) in [6, 6.07) is 5.88. The molecule has 1 amide bonds. The van der Waals surface area contributed by atoms with Gasteiger partial charge in [0.15, 0.2) is 17.2 Å². The van der Waals surface area contributed by atoms with Gasteiger partial charge in [0.05, 0.1) is 27.4 Å². The highest BCUT2D eigenvalue weighted by Crippen LogP contribution is 2.50. The van der Waals surface area contributed by atoms with Crippen LogP contribution in [0.4, 0.5) is 0 Å². The van der Waals surface area contributed by atoms with Crippen molar-refractivity contribution in [1.29, 1.82) is 0 Å². The van der Waals surface area contributed by atoms with E-state index in [0.29, 0.717) is 41.2 Å². The molecule has 31 heavy (non-hydrogen) atoms. The second-order valence-electron chi connectivity index (χ2n) is 6.98. The fourth-order valence-electron chi connectivity index (χ4n) is 3.70. The number of aryl methyl sites for hydroxylation is 1. The minimum absolute atomic E-state index is 0.202. The summed E-state index contributed by atoms with van der Waals surface area (Å²) in [5, 5.41) is 12.9. The molecule has 168 valence electrons. The van der Waals surface area contributed by atoms with E-state index >= 15 is 0 Å². The number of carbonyl (C=O) groups is 1. The Morgan fingerprint density at radius 3 is 2.23 bits per heavy atom. The minimum atomic E-state index is -0.514. The zero-order valence-electron chi connectivity index (χ0n) is 18.7. The van der Waals surface area contributed by atoms with Gasteiger partial charge >= 0.3 is 0 Å². The number of fused-ring (bicyclic) bond motifs is 3. The molecule has 1 aliphatic carbocycles. The summed E-state index contributed by atoms with van der Waals surface area (Å²) >= 11 is 0. The monoisotopic (exact) mass is 431 g/mol. The van der Waals surface area contributed by atoms with Crippen molar-refractivity contribution in [3.8, 4) is 34.1 Å². The Hall–Kier alpha value is -3.26. The molecule has 0 aromatic heterocycles. The van der Waals surface area contributed by atoms with Crippen LogP contribution in [0.15, 0.2) is 29.1 Å². The Morgan fingerprint density at radius 1 is 1.03 bits per heavy atom. The van der Waals surface area contributed by atoms with Crippen molar-refractivity contribution in [2.45, 2.75) is 25.8 Å². The van der Waals surface area contributed by atoms with Crippen molar-refractivity contribution >= 4 is 5.91 Å². The average molecular weight is 431 g/mol. The molecule has 1 atom stereocenters. The first-order valence-corrected chi connectivity index (χ1v) is 9.69. The lowest BCUT2D eigenvalue weighted by Crippen LogP contribution is -2.26. The Labute approximate surface area is 181 Å². The van der Waals surface area contributed by atoms with Gasteiger partial charge in [0.25, 0.3) is 0 Å². The summed E-state index contributed by atoms with van der Waals surface area (Å²) in [4.78, 5) is 24.0. The largest absolute Gasteiger partial charge is 0.504 e. The van der Waals surface area contributed by atoms with Crippen molar-refractivity contribution in [1.82, 2.24) is 5.32 Å². The van der Waals surface area contributed by atoms with Crippen LogP contribution in [0.3, 0.4) is 0 Å². The van der Waals surface area contributed by atoms with Crippen LogP contribution < -0.4 is 25.0 Å². The standard InChI is InChI=1S/C21H23NO6.C2H6O/c1-11(23)22-15-7-5-12-9-18(26-2)20(27-3)21(28-4)19(12)13-6-8-16(24)17(25)10-14(13)15;1-3-2/h6,8-10,15H,5,7H2,1-4H3,(H,22,23)(H,24,25);1-2H3/t15-;/m0./s1. The van der Waals surface area contributed by atoms with E-state index in [2.05, 4.69) is 10.1 Å². The van der Waals surface area contributed by atoms with Gasteiger partial charge in [-0.25, -0.2) is 0 Å². The van der Waals surface area contributed by atoms with Crippen LogP contribution in [-0.4, -0.2) is 46.6 Å². The number of carbonyl (C=O) groups excluding carboxylic acids is 1. The predicted octanol–water partition coefficient (Wildman–Crippen LogP) is 2.83. The molecule has 0 aliphatic heterocycles. The molecule has 0 fully saturated rings. The molecule has 0 spiro atoms. The van der Waals surface area contributed by atoms with Crippen LogP contribution in [0.2, 0.25) is 0 Å². The molecule has 2 N–H and O–H groups in total. The van der Waals surface area contributed by atoms with Gasteiger partial charge in [-0.15, -0.1) is 0 Å². The second kappa shape index (κ2) is 10.7. The SMILES string of the molecule is COC.COc1cc2c(c(OC)c1OC)-c1ccc(O)c(=O)cc1[C@@H](NC(C)=O)CC2. The molecule has 0 heterocycles. The van der Waals surface area contributed by atoms with E-state index < -0.39 is 5.43 Å². The van der Waals surface area contributed by atoms with Crippen LogP contribution in [0.5, 0.6) is 23.0 Å². The van der Waals surface area contributed by atoms with Crippen LogP contribution in [-0.2, 0) is 16.0 Å². The van der Waals surface area contributed by atoms with Gasteiger partial charge in [-0.3, -0.25) is 9.59 Å². The topological polar surface area (TPSA) is 103 Å². The number of benzene rings is 1. The molecule has 3 rings (SSSR count). The van der Waals surface area contributed by atoms with Crippen LogP contribution in [0.1, 0.15) is 30.5 Å². The molecule has 0 saturated carbocycles. The van der Waals surface area contributed by atoms with E-state index in [-0.39, 0.29) is 17.7 Å². The Kier molecular flexibility index (Phi) is 8.27. The summed E-state index contributed by atoms with van der Waals surface area (Å²) in [6.45, 7) is 1.43. The Balaban J connectivity index is 0.00000107. The highest BCUT2D eigenvalue weighted by Gasteiger charge is 2.29. The lowest BCUT2D eigenvalue weighted by molar-refractivity contribution is -0.119. The third-order valence-electron chi connectivity index (χ3n) is 4.89. The predicted molar refractivity (Wildman–Crippen MR) is 117 cm³/mol. The molecule has 0 unspecified atom stereocenters. The summed E-state index contributed by atoms with van der Waals surface area (Å²) < 4.78 is 20.9. The van der Waals surface area contributed by atoms with E-state index in [0.717, 1.165) is 11.1 Å². The summed E-state index contributed by atoms with van der Waals surface area (Å²) in [6.07, 6.45) is 1.19. The molecule has 0 bridgehead atoms. The Morgan fingerprint density at radius 2 is 1.68 bits per heavy atom. The van der Waals surface area contributed by atoms with Crippen molar-refractivity contribution < 1.29 is 28.8 Å². The van der Waals surface area contributed by atoms with Crippen LogP contribution in [0, 0.1) is 0 Å². The molecule has 8 nitrogen and oxygen atoms in total. The van der Waals surface area contributed by atoms with Crippen molar-refractivity contribution in [3.63, 3.8) is 0 Å². The maximum Gasteiger partial charge on any atom is 0.220 e. The van der Waals surface area contributed by atoms with Gasteiger partial charge in [-0.05, 0) is 47.7 Å². The van der Waals surface area contributed by atoms with Crippen molar-refractivity contribution in [3.05, 3.63) is 45.6 Å². The first kappa shape index (κ1) is 24.0. The number of amides is 1. The lowest BCUT2D eigenvalue weighted by atomic mass is 9.95. The fourth-order valence-corrected chi connectivity index (χ4v) is 3.70. The number of rotatable bonds is 4. The highest BCUT2D eigenvalue weighted by molar-refractivity contribution is 5.83. The maximum absolute atomic E-state index is 12.3. The van der Waals surface area contributed by atoms with Gasteiger partial charge in [0, 0.05) is 26.7 Å². The second-order valence-corrected chi connectivity index (χ2v) is 6.98. The maximum atomic E-state index is 12.3. The number of hydrogen-bond donors (Lipinski definition) is 2. The number of nitrogens with one attached hydrogen (secondary N) is 1. The molecule has 1 aliphatic rings. The summed E-state index contributed by atoms with van der Waals surface area (Å²) in [5.74, 6) is 0.874. The number of methoxy groups -OCH3 is 4. The zero-order chi connectivity index (χ0) is 23.1. The normalized spacial score (nSPS) is 14.1. The van der Waals surface area contributed by atoms with Crippen molar-refractivity contribution in [2.24, 2.45) is 0 Å². The van der Waals surface area contributed by atoms with Crippen LogP contribution in [0.25, 0.3) is 11.1 Å². The summed E-state index contributed by atoms with van der Waals surface area (Å²) in [5.41, 5.74) is 2.46. The van der Waals surface area contributed by atoms with Crippen LogP contribution >= 0.6 is 0 Å². The molecular weight excluding hydrogens is 402 g/mol. The van der Waals surface area contributed by atoms with E-state index in [9.17, 15) is 14.7 Å². The molecule has 8 heteroatoms. The number of aromatic hydroxyl groups is 1. The van der Waals surface area contributed by atoms with E-state index in [4.69, 9.17) is 14.2 Å². The smallest absolute Gasteiger partial charge is 0.220 e. The van der Waals surface area contributed by atoms with Gasteiger partial charge in [-0.2, -0.15) is 0 Å². The summed E-state index contributed by atoms with van der Waals surface area (Å²) in [7, 11) is 7.86. The van der Waals surface area contributed by atoms with E-state index in [1.54, 1.807) is 27.4 Å². The minimum Gasteiger partial charge on any atom is -0.504 e. The van der Waals surface area contributed by atoms with Gasteiger partial charge in [-0.1, -0.05) is 6.07 Å². The average Bonchev–Trinajstić information content (AvgIpc) is 2.97. The third kappa shape index (κ3) is 5.08. The zero-order valence-corrected chi connectivity index (χ0v) is 18.7. The number of hydrogen-bond acceptors (Lipinski definition) is 7. The fraction of sp³-hybridized carbons (Fsp3) is 0.391. The van der Waals surface area contributed by atoms with Gasteiger partial charge in [0.1, 0.15) is 0 Å². The van der Waals surface area contributed by atoms with Gasteiger partial charge in [0.2, 0.25) is 17.1 Å². The number of ether oxygens (including phenoxy) is 4. The van der Waals surface area contributed by atoms with Crippen molar-refractivity contribution in [2.75, 3.05) is 35.5 Å². The molecule has 0 saturated heterocycles. The quantitative estimate of drug-likeness (QED) is 0.767. The first-order chi connectivity index (χ1) is 14.8. The molecule has 2 aromatic rings. The van der Waals surface area contributed by atoms with Gasteiger partial charge < -0.3 is 29.4 Å². The molecule has 0 radical (unpaired) electrons. The first-order valence-electron chi connectivity index (χ1n) is 9.69. The Bertz CT molecular complexity index is 1000. The third-order valence-corrected chi connectivity index (χ3v) is 4.89. The van der Waals surface area contributed by atoms with E-state index in [1.165, 1.54) is 33.3 Å². The molecular formula is C23H29NO7. The highest BCUT2D eigenvalue weighted by atomic mass is 16.5. The lowest BCUT2D eigenvalue weighted by Gasteiger charge is -2.19. The molecule has 2 aromatic carbocycles. The van der Waals surface area contributed by atoms with E-state index in [1.807, 2.05) is 6.07 Å².